The zero-order valence-electron chi connectivity index (χ0n) is 14.2. The fourth-order valence-electron chi connectivity index (χ4n) is 2.91. The summed E-state index contributed by atoms with van der Waals surface area (Å²) in [5.74, 6) is 0.128. The highest BCUT2D eigenvalue weighted by Gasteiger charge is 2.37. The van der Waals surface area contributed by atoms with Crippen LogP contribution in [-0.2, 0) is 17.1 Å². The van der Waals surface area contributed by atoms with Crippen LogP contribution in [0.1, 0.15) is 23.5 Å². The highest BCUT2D eigenvalue weighted by atomic mass is 32.2. The van der Waals surface area contributed by atoms with Gasteiger partial charge in [0.15, 0.2) is 0 Å². The summed E-state index contributed by atoms with van der Waals surface area (Å²) in [7, 11) is -1.93. The fraction of sp³-hybridized carbons (Fsp3) is 0.467. The predicted molar refractivity (Wildman–Crippen MR) is 87.2 cm³/mol. The van der Waals surface area contributed by atoms with Gasteiger partial charge in [-0.1, -0.05) is 0 Å². The van der Waals surface area contributed by atoms with Gasteiger partial charge in [0.2, 0.25) is 15.7 Å². The van der Waals surface area contributed by atoms with Gasteiger partial charge < -0.3 is 4.74 Å². The van der Waals surface area contributed by atoms with Gasteiger partial charge in [-0.05, 0) is 20.3 Å². The minimum absolute atomic E-state index is 0.0859. The van der Waals surface area contributed by atoms with Gasteiger partial charge in [-0.2, -0.15) is 14.7 Å². The standard InChI is InChI=1S/C15H18N6O3S/c1-10-14(11(2)20(3)19-10)25(22,23)21-7-4-12(9-21)24-15-13(8-16)17-5-6-18-15/h5-6,12H,4,7,9H2,1-3H3/t12-/m1/s1. The first-order valence-electron chi connectivity index (χ1n) is 7.72. The molecule has 0 saturated carbocycles. The van der Waals surface area contributed by atoms with E-state index in [1.807, 2.05) is 6.07 Å². The topological polar surface area (TPSA) is 114 Å². The maximum Gasteiger partial charge on any atom is 0.251 e. The molecule has 0 aliphatic carbocycles. The number of nitrogens with zero attached hydrogens (tertiary/aromatic N) is 6. The van der Waals surface area contributed by atoms with Crippen LogP contribution in [0.25, 0.3) is 0 Å². The van der Waals surface area contributed by atoms with E-state index in [2.05, 4.69) is 15.1 Å². The number of rotatable bonds is 4. The molecule has 0 N–H and O–H groups in total. The van der Waals surface area contributed by atoms with Crippen molar-refractivity contribution in [2.75, 3.05) is 13.1 Å². The second kappa shape index (κ2) is 6.42. The third-order valence-corrected chi connectivity index (χ3v) is 6.32. The van der Waals surface area contributed by atoms with E-state index >= 15 is 0 Å². The Morgan fingerprint density at radius 3 is 2.68 bits per heavy atom. The molecule has 9 nitrogen and oxygen atoms in total. The molecule has 3 rings (SSSR count). The van der Waals surface area contributed by atoms with Gasteiger partial charge >= 0.3 is 0 Å². The van der Waals surface area contributed by atoms with Gasteiger partial charge in [-0.25, -0.2) is 18.4 Å². The third-order valence-electron chi connectivity index (χ3n) is 4.20. The van der Waals surface area contributed by atoms with E-state index in [1.165, 1.54) is 16.7 Å². The number of aromatic nitrogens is 4. The SMILES string of the molecule is Cc1nn(C)c(C)c1S(=O)(=O)N1CC[C@@H](Oc2nccnc2C#N)C1. The summed E-state index contributed by atoms with van der Waals surface area (Å²) in [5, 5.41) is 13.2. The van der Waals surface area contributed by atoms with E-state index in [9.17, 15) is 8.42 Å². The Morgan fingerprint density at radius 2 is 2.04 bits per heavy atom. The first kappa shape index (κ1) is 17.3. The maximum absolute atomic E-state index is 12.9. The summed E-state index contributed by atoms with van der Waals surface area (Å²) in [6.45, 7) is 3.94. The largest absolute Gasteiger partial charge is 0.471 e. The third kappa shape index (κ3) is 3.08. The minimum atomic E-state index is -3.65. The van der Waals surface area contributed by atoms with E-state index in [0.717, 1.165) is 0 Å². The van der Waals surface area contributed by atoms with E-state index in [0.29, 0.717) is 24.4 Å². The summed E-state index contributed by atoms with van der Waals surface area (Å²) >= 11 is 0. The van der Waals surface area contributed by atoms with E-state index in [4.69, 9.17) is 10.00 Å². The van der Waals surface area contributed by atoms with Crippen LogP contribution >= 0.6 is 0 Å². The van der Waals surface area contributed by atoms with Crippen LogP contribution in [-0.4, -0.2) is 51.7 Å². The monoisotopic (exact) mass is 362 g/mol. The predicted octanol–water partition coefficient (Wildman–Crippen LogP) is 0.541. The smallest absolute Gasteiger partial charge is 0.251 e. The molecule has 1 atom stereocenters. The van der Waals surface area contributed by atoms with Crippen LogP contribution in [0.15, 0.2) is 17.3 Å². The number of ether oxygens (including phenoxy) is 1. The molecule has 0 bridgehead atoms. The van der Waals surface area contributed by atoms with E-state index < -0.39 is 10.0 Å². The highest BCUT2D eigenvalue weighted by molar-refractivity contribution is 7.89. The van der Waals surface area contributed by atoms with Crippen molar-refractivity contribution >= 4 is 10.0 Å². The van der Waals surface area contributed by atoms with Crippen molar-refractivity contribution in [2.45, 2.75) is 31.3 Å². The van der Waals surface area contributed by atoms with Crippen molar-refractivity contribution in [3.63, 3.8) is 0 Å². The molecule has 0 radical (unpaired) electrons. The molecule has 1 aliphatic heterocycles. The molecule has 132 valence electrons. The number of hydrogen-bond acceptors (Lipinski definition) is 7. The molecule has 3 heterocycles. The van der Waals surface area contributed by atoms with Crippen LogP contribution in [0.2, 0.25) is 0 Å². The Hall–Kier alpha value is -2.51. The summed E-state index contributed by atoms with van der Waals surface area (Å²) in [4.78, 5) is 8.13. The molecular weight excluding hydrogens is 344 g/mol. The highest BCUT2D eigenvalue weighted by Crippen LogP contribution is 2.27. The average molecular weight is 362 g/mol. The fourth-order valence-corrected chi connectivity index (χ4v) is 4.80. The van der Waals surface area contributed by atoms with Crippen molar-refractivity contribution in [3.05, 3.63) is 29.5 Å². The van der Waals surface area contributed by atoms with Crippen molar-refractivity contribution < 1.29 is 13.2 Å². The molecule has 1 aliphatic rings. The zero-order valence-corrected chi connectivity index (χ0v) is 15.0. The van der Waals surface area contributed by atoms with Crippen LogP contribution in [0.5, 0.6) is 5.88 Å². The normalized spacial score (nSPS) is 18.2. The molecule has 1 saturated heterocycles. The Morgan fingerprint density at radius 1 is 1.32 bits per heavy atom. The van der Waals surface area contributed by atoms with Crippen LogP contribution in [0.4, 0.5) is 0 Å². The average Bonchev–Trinajstić information content (AvgIpc) is 3.13. The molecule has 0 aromatic carbocycles. The molecule has 25 heavy (non-hydrogen) atoms. The molecule has 2 aromatic heterocycles. The lowest BCUT2D eigenvalue weighted by atomic mass is 10.3. The Kier molecular flexibility index (Phi) is 4.45. The summed E-state index contributed by atoms with van der Waals surface area (Å²) < 4.78 is 34.5. The molecule has 0 unspecified atom stereocenters. The quantitative estimate of drug-likeness (QED) is 0.780. The number of hydrogen-bond donors (Lipinski definition) is 0. The Labute approximate surface area is 145 Å². The minimum Gasteiger partial charge on any atom is -0.471 e. The molecule has 0 amide bonds. The lowest BCUT2D eigenvalue weighted by molar-refractivity contribution is 0.205. The van der Waals surface area contributed by atoms with Gasteiger partial charge in [0, 0.05) is 26.0 Å². The van der Waals surface area contributed by atoms with E-state index in [1.54, 1.807) is 25.6 Å². The van der Waals surface area contributed by atoms with Gasteiger partial charge in [0.05, 0.1) is 17.9 Å². The van der Waals surface area contributed by atoms with Crippen LogP contribution in [0, 0.1) is 25.2 Å². The summed E-state index contributed by atoms with van der Waals surface area (Å²) in [5.41, 5.74) is 1.16. The van der Waals surface area contributed by atoms with Gasteiger partial charge in [0.1, 0.15) is 17.1 Å². The molecular formula is C15H18N6O3S. The molecule has 0 spiro atoms. The summed E-state index contributed by atoms with van der Waals surface area (Å²) in [6, 6.07) is 1.91. The second-order valence-electron chi connectivity index (χ2n) is 5.84. The molecule has 10 heteroatoms. The second-order valence-corrected chi connectivity index (χ2v) is 7.71. The Bertz CT molecular complexity index is 947. The van der Waals surface area contributed by atoms with Crippen LogP contribution in [0.3, 0.4) is 0 Å². The van der Waals surface area contributed by atoms with Crippen molar-refractivity contribution in [3.8, 4) is 11.9 Å². The van der Waals surface area contributed by atoms with Crippen molar-refractivity contribution in [2.24, 2.45) is 7.05 Å². The van der Waals surface area contributed by atoms with E-state index in [-0.39, 0.29) is 29.1 Å². The molecule has 2 aromatic rings. The lowest BCUT2D eigenvalue weighted by Crippen LogP contribution is -2.32. The number of aryl methyl sites for hydroxylation is 2. The first-order valence-corrected chi connectivity index (χ1v) is 9.16. The van der Waals surface area contributed by atoms with Gasteiger partial charge in [-0.3, -0.25) is 4.68 Å². The number of sulfonamides is 1. The first-order chi connectivity index (χ1) is 11.8. The molecule has 1 fully saturated rings. The maximum atomic E-state index is 12.9. The van der Waals surface area contributed by atoms with Gasteiger partial charge in [0.25, 0.3) is 5.88 Å². The van der Waals surface area contributed by atoms with Gasteiger partial charge in [-0.15, -0.1) is 0 Å². The van der Waals surface area contributed by atoms with Crippen molar-refractivity contribution in [1.29, 1.82) is 5.26 Å². The zero-order chi connectivity index (χ0) is 18.2. The Balaban J connectivity index is 1.80. The van der Waals surface area contributed by atoms with Crippen molar-refractivity contribution in [1.82, 2.24) is 24.1 Å². The number of nitriles is 1. The van der Waals surface area contributed by atoms with Crippen LogP contribution < -0.4 is 4.74 Å². The summed E-state index contributed by atoms with van der Waals surface area (Å²) in [6.07, 6.45) is 2.97. The lowest BCUT2D eigenvalue weighted by Gasteiger charge is -2.17.